The number of aryl methyl sites for hydroxylation is 1. The predicted octanol–water partition coefficient (Wildman–Crippen LogP) is 3.89. The van der Waals surface area contributed by atoms with Gasteiger partial charge in [0.05, 0.1) is 7.11 Å². The maximum atomic E-state index is 5.75. The molecule has 0 unspecified atom stereocenters. The molecule has 0 amide bonds. The number of hydrogen-bond donors (Lipinski definition) is 0. The van der Waals surface area contributed by atoms with E-state index in [1.54, 1.807) is 19.4 Å². The first-order valence-corrected chi connectivity index (χ1v) is 6.51. The van der Waals surface area contributed by atoms with Crippen molar-refractivity contribution in [3.8, 4) is 11.5 Å². The van der Waals surface area contributed by atoms with Crippen LogP contribution >= 0.6 is 11.6 Å². The number of halogens is 1. The number of methoxy groups -OCH3 is 1. The van der Waals surface area contributed by atoms with Gasteiger partial charge in [-0.2, -0.15) is 0 Å². The fourth-order valence-electron chi connectivity index (χ4n) is 1.70. The first-order valence-electron chi connectivity index (χ1n) is 6.13. The van der Waals surface area contributed by atoms with Gasteiger partial charge in [-0.15, -0.1) is 0 Å². The van der Waals surface area contributed by atoms with E-state index in [0.717, 1.165) is 23.5 Å². The quantitative estimate of drug-likeness (QED) is 0.777. The van der Waals surface area contributed by atoms with Gasteiger partial charge in [0, 0.05) is 11.8 Å². The number of nitrogens with zero attached hydrogens (tertiary/aromatic N) is 1. The van der Waals surface area contributed by atoms with E-state index in [-0.39, 0.29) is 0 Å². The van der Waals surface area contributed by atoms with Gasteiger partial charge >= 0.3 is 0 Å². The van der Waals surface area contributed by atoms with Gasteiger partial charge in [-0.25, -0.2) is 4.98 Å². The van der Waals surface area contributed by atoms with Crippen molar-refractivity contribution in [2.75, 3.05) is 7.11 Å². The lowest BCUT2D eigenvalue weighted by atomic mass is 10.1. The number of pyridine rings is 1. The number of aromatic nitrogens is 1. The summed E-state index contributed by atoms with van der Waals surface area (Å²) in [5.74, 6) is 1.48. The van der Waals surface area contributed by atoms with Crippen LogP contribution in [0.25, 0.3) is 0 Å². The maximum absolute atomic E-state index is 5.75. The maximum Gasteiger partial charge on any atom is 0.161 e. The molecule has 0 radical (unpaired) electrons. The summed E-state index contributed by atoms with van der Waals surface area (Å²) in [4.78, 5) is 4.02. The summed E-state index contributed by atoms with van der Waals surface area (Å²) in [6.45, 7) is 2.54. The standard InChI is InChI=1S/C15H16ClNO2/c1-3-11-4-6-13(14(8-11)18-2)19-10-12-5-7-15(16)17-9-12/h4-9H,3,10H2,1-2H3. The average Bonchev–Trinajstić information content (AvgIpc) is 2.46. The van der Waals surface area contributed by atoms with E-state index >= 15 is 0 Å². The lowest BCUT2D eigenvalue weighted by molar-refractivity contribution is 0.284. The Morgan fingerprint density at radius 2 is 1.89 bits per heavy atom. The van der Waals surface area contributed by atoms with Gasteiger partial charge in [-0.1, -0.05) is 30.7 Å². The molecule has 4 heteroatoms. The molecule has 0 spiro atoms. The fourth-order valence-corrected chi connectivity index (χ4v) is 1.82. The first-order chi connectivity index (χ1) is 9.22. The van der Waals surface area contributed by atoms with Crippen LogP contribution in [0.1, 0.15) is 18.1 Å². The molecule has 3 nitrogen and oxygen atoms in total. The molecule has 2 rings (SSSR count). The molecule has 0 saturated heterocycles. The molecule has 0 fully saturated rings. The minimum absolute atomic E-state index is 0.437. The molecule has 19 heavy (non-hydrogen) atoms. The van der Waals surface area contributed by atoms with Crippen LogP contribution in [-0.4, -0.2) is 12.1 Å². The molecule has 0 aliphatic rings. The second-order valence-electron chi connectivity index (χ2n) is 4.12. The summed E-state index contributed by atoms with van der Waals surface area (Å²) in [6.07, 6.45) is 2.67. The zero-order valence-corrected chi connectivity index (χ0v) is 11.8. The number of rotatable bonds is 5. The van der Waals surface area contributed by atoms with E-state index in [1.807, 2.05) is 24.3 Å². The van der Waals surface area contributed by atoms with E-state index in [1.165, 1.54) is 5.56 Å². The molecule has 0 saturated carbocycles. The average molecular weight is 278 g/mol. The minimum atomic E-state index is 0.437. The molecule has 2 aromatic rings. The Morgan fingerprint density at radius 1 is 1.11 bits per heavy atom. The molecule has 0 atom stereocenters. The molecule has 100 valence electrons. The predicted molar refractivity (Wildman–Crippen MR) is 76.0 cm³/mol. The Kier molecular flexibility index (Phi) is 4.63. The van der Waals surface area contributed by atoms with Crippen molar-refractivity contribution < 1.29 is 9.47 Å². The Labute approximate surface area is 118 Å². The van der Waals surface area contributed by atoms with E-state index < -0.39 is 0 Å². The van der Waals surface area contributed by atoms with Crippen LogP contribution < -0.4 is 9.47 Å². The Bertz CT molecular complexity index is 540. The van der Waals surface area contributed by atoms with Gasteiger partial charge in [0.1, 0.15) is 11.8 Å². The third-order valence-electron chi connectivity index (χ3n) is 2.82. The van der Waals surface area contributed by atoms with Crippen molar-refractivity contribution >= 4 is 11.6 Å². The third-order valence-corrected chi connectivity index (χ3v) is 3.04. The van der Waals surface area contributed by atoms with Crippen molar-refractivity contribution in [3.63, 3.8) is 0 Å². The van der Waals surface area contributed by atoms with Gasteiger partial charge in [0.25, 0.3) is 0 Å². The summed E-state index contributed by atoms with van der Waals surface area (Å²) in [5.41, 5.74) is 2.18. The smallest absolute Gasteiger partial charge is 0.161 e. The number of benzene rings is 1. The summed E-state index contributed by atoms with van der Waals surface area (Å²) in [7, 11) is 1.64. The lowest BCUT2D eigenvalue weighted by Crippen LogP contribution is -1.98. The molecule has 0 N–H and O–H groups in total. The van der Waals surface area contributed by atoms with Gasteiger partial charge in [-0.05, 0) is 30.2 Å². The Morgan fingerprint density at radius 3 is 2.53 bits per heavy atom. The van der Waals surface area contributed by atoms with E-state index in [2.05, 4.69) is 11.9 Å². The van der Waals surface area contributed by atoms with Crippen LogP contribution in [0.3, 0.4) is 0 Å². The van der Waals surface area contributed by atoms with Crippen LogP contribution in [0.15, 0.2) is 36.5 Å². The summed E-state index contributed by atoms with van der Waals surface area (Å²) in [6, 6.07) is 9.61. The van der Waals surface area contributed by atoms with Crippen LogP contribution in [0, 0.1) is 0 Å². The first kappa shape index (κ1) is 13.7. The van der Waals surface area contributed by atoms with Crippen LogP contribution in [0.2, 0.25) is 5.15 Å². The molecule has 1 heterocycles. The van der Waals surface area contributed by atoms with Gasteiger partial charge in [0.15, 0.2) is 11.5 Å². The highest BCUT2D eigenvalue weighted by atomic mass is 35.5. The Hall–Kier alpha value is -1.74. The Balaban J connectivity index is 2.08. The molecule has 0 aliphatic heterocycles. The summed E-state index contributed by atoms with van der Waals surface area (Å²) < 4.78 is 11.1. The highest BCUT2D eigenvalue weighted by molar-refractivity contribution is 6.29. The zero-order chi connectivity index (χ0) is 13.7. The van der Waals surface area contributed by atoms with E-state index in [0.29, 0.717) is 11.8 Å². The van der Waals surface area contributed by atoms with E-state index in [9.17, 15) is 0 Å². The summed E-state index contributed by atoms with van der Waals surface area (Å²) >= 11 is 5.74. The number of hydrogen-bond acceptors (Lipinski definition) is 3. The van der Waals surface area contributed by atoms with Gasteiger partial charge < -0.3 is 9.47 Å². The fraction of sp³-hybridized carbons (Fsp3) is 0.267. The normalized spacial score (nSPS) is 10.3. The SMILES string of the molecule is CCc1ccc(OCc2ccc(Cl)nc2)c(OC)c1. The van der Waals surface area contributed by atoms with Gasteiger partial charge in [0.2, 0.25) is 0 Å². The van der Waals surface area contributed by atoms with Crippen molar-refractivity contribution in [2.24, 2.45) is 0 Å². The molecule has 1 aromatic carbocycles. The molecule has 0 bridgehead atoms. The highest BCUT2D eigenvalue weighted by Gasteiger charge is 2.05. The number of ether oxygens (including phenoxy) is 2. The van der Waals surface area contributed by atoms with E-state index in [4.69, 9.17) is 21.1 Å². The van der Waals surface area contributed by atoms with Crippen LogP contribution in [0.5, 0.6) is 11.5 Å². The van der Waals surface area contributed by atoms with Crippen LogP contribution in [0.4, 0.5) is 0 Å². The topological polar surface area (TPSA) is 31.4 Å². The minimum Gasteiger partial charge on any atom is -0.493 e. The monoisotopic (exact) mass is 277 g/mol. The second kappa shape index (κ2) is 6.43. The van der Waals surface area contributed by atoms with Gasteiger partial charge in [-0.3, -0.25) is 0 Å². The lowest BCUT2D eigenvalue weighted by Gasteiger charge is -2.11. The van der Waals surface area contributed by atoms with Crippen molar-refractivity contribution in [2.45, 2.75) is 20.0 Å². The second-order valence-corrected chi connectivity index (χ2v) is 4.50. The van der Waals surface area contributed by atoms with Crippen molar-refractivity contribution in [3.05, 3.63) is 52.8 Å². The molecule has 1 aromatic heterocycles. The zero-order valence-electron chi connectivity index (χ0n) is 11.0. The molecular formula is C15H16ClNO2. The van der Waals surface area contributed by atoms with Crippen molar-refractivity contribution in [1.29, 1.82) is 0 Å². The highest BCUT2D eigenvalue weighted by Crippen LogP contribution is 2.29. The van der Waals surface area contributed by atoms with Crippen LogP contribution in [-0.2, 0) is 13.0 Å². The molecule has 0 aliphatic carbocycles. The largest absolute Gasteiger partial charge is 0.493 e. The molecular weight excluding hydrogens is 262 g/mol. The third kappa shape index (κ3) is 3.61. The van der Waals surface area contributed by atoms with Crippen molar-refractivity contribution in [1.82, 2.24) is 4.98 Å². The summed E-state index contributed by atoms with van der Waals surface area (Å²) in [5, 5.41) is 0.480.